The minimum atomic E-state index is -4.73. The van der Waals surface area contributed by atoms with Gasteiger partial charge in [0.15, 0.2) is 5.82 Å². The van der Waals surface area contributed by atoms with Gasteiger partial charge in [0, 0.05) is 11.6 Å². The number of aromatic nitrogens is 3. The van der Waals surface area contributed by atoms with Gasteiger partial charge in [0.05, 0.1) is 25.6 Å². The summed E-state index contributed by atoms with van der Waals surface area (Å²) in [6, 6.07) is 10.8. The molecular weight excluding hydrogens is 389 g/mol. The molecule has 1 heterocycles. The van der Waals surface area contributed by atoms with E-state index in [1.807, 2.05) is 12.1 Å². The molecule has 1 aromatic heterocycles. The second kappa shape index (κ2) is 8.65. The van der Waals surface area contributed by atoms with E-state index in [-0.39, 0.29) is 5.75 Å². The first-order chi connectivity index (χ1) is 13.9. The molecule has 0 spiro atoms. The van der Waals surface area contributed by atoms with Gasteiger partial charge in [-0.3, -0.25) is 10.3 Å². The van der Waals surface area contributed by atoms with Gasteiger partial charge in [-0.25, -0.2) is 9.67 Å². The predicted octanol–water partition coefficient (Wildman–Crippen LogP) is 4.32. The highest BCUT2D eigenvalue weighted by Gasteiger charge is 2.30. The lowest BCUT2D eigenvalue weighted by Gasteiger charge is -2.09. The van der Waals surface area contributed by atoms with Crippen LogP contribution < -0.4 is 15.0 Å². The van der Waals surface area contributed by atoms with Crippen molar-refractivity contribution in [3.05, 3.63) is 60.2 Å². The fourth-order valence-corrected chi connectivity index (χ4v) is 2.47. The minimum Gasteiger partial charge on any atom is -0.496 e. The fraction of sp³-hybridized carbons (Fsp3) is 0.158. The van der Waals surface area contributed by atoms with Crippen LogP contribution in [-0.2, 0) is 4.84 Å². The van der Waals surface area contributed by atoms with Crippen LogP contribution >= 0.6 is 0 Å². The Hall–Kier alpha value is -3.53. The van der Waals surface area contributed by atoms with Gasteiger partial charge in [0.25, 0.3) is 0 Å². The number of nitrogens with one attached hydrogen (secondary N) is 1. The molecule has 0 fully saturated rings. The third-order valence-corrected chi connectivity index (χ3v) is 3.71. The number of hydrogen-bond acceptors (Lipinski definition) is 6. The summed E-state index contributed by atoms with van der Waals surface area (Å²) in [7, 11) is 3.07. The van der Waals surface area contributed by atoms with Crippen LogP contribution in [0.15, 0.2) is 48.8 Å². The van der Waals surface area contributed by atoms with E-state index in [2.05, 4.69) is 20.3 Å². The molecule has 0 bridgehead atoms. The fourth-order valence-electron chi connectivity index (χ4n) is 2.47. The van der Waals surface area contributed by atoms with Crippen molar-refractivity contribution in [1.82, 2.24) is 14.8 Å². The number of halogens is 3. The zero-order valence-electron chi connectivity index (χ0n) is 15.5. The molecule has 29 heavy (non-hydrogen) atoms. The predicted molar refractivity (Wildman–Crippen MR) is 101 cm³/mol. The van der Waals surface area contributed by atoms with Gasteiger partial charge in [-0.05, 0) is 48.6 Å². The molecule has 0 aliphatic rings. The van der Waals surface area contributed by atoms with Crippen LogP contribution in [0.4, 0.5) is 18.9 Å². The molecule has 0 atom stereocenters. The Morgan fingerprint density at radius 2 is 1.79 bits per heavy atom. The number of ether oxygens (including phenoxy) is 2. The number of anilines is 1. The highest BCUT2D eigenvalue weighted by Crippen LogP contribution is 2.25. The van der Waals surface area contributed by atoms with Crippen molar-refractivity contribution >= 4 is 17.8 Å². The number of rotatable bonds is 7. The topological polar surface area (TPSA) is 70.4 Å². The van der Waals surface area contributed by atoms with Crippen molar-refractivity contribution in [3.63, 3.8) is 0 Å². The zero-order valence-corrected chi connectivity index (χ0v) is 15.5. The summed E-state index contributed by atoms with van der Waals surface area (Å²) < 4.78 is 47.3. The standard InChI is InChI=1S/C19H17F3N4O3/c1-27-17-11-14(25-28-2)5-3-13(17)4-10-18-23-12-26(24-18)15-6-8-16(9-7-15)29-19(20,21)22/h3-12,25H,1-2H3/b10-4+. The Morgan fingerprint density at radius 3 is 2.45 bits per heavy atom. The number of nitrogens with zero attached hydrogens (tertiary/aromatic N) is 3. The molecule has 0 saturated heterocycles. The summed E-state index contributed by atoms with van der Waals surface area (Å²) in [5, 5.41) is 4.28. The van der Waals surface area contributed by atoms with Crippen molar-refractivity contribution in [3.8, 4) is 17.2 Å². The maximum atomic E-state index is 12.2. The van der Waals surface area contributed by atoms with Crippen molar-refractivity contribution < 1.29 is 27.5 Å². The van der Waals surface area contributed by atoms with Crippen LogP contribution in [0.5, 0.6) is 11.5 Å². The molecule has 2 aromatic carbocycles. The Kier molecular flexibility index (Phi) is 6.03. The minimum absolute atomic E-state index is 0.306. The lowest BCUT2D eigenvalue weighted by atomic mass is 10.1. The normalized spacial score (nSPS) is 11.6. The van der Waals surface area contributed by atoms with E-state index in [0.29, 0.717) is 17.3 Å². The molecule has 3 aromatic rings. The van der Waals surface area contributed by atoms with Crippen molar-refractivity contribution in [2.24, 2.45) is 0 Å². The Bertz CT molecular complexity index is 985. The van der Waals surface area contributed by atoms with E-state index in [4.69, 9.17) is 9.57 Å². The number of methoxy groups -OCH3 is 1. The molecule has 0 saturated carbocycles. The van der Waals surface area contributed by atoms with E-state index in [1.165, 1.54) is 42.4 Å². The largest absolute Gasteiger partial charge is 0.573 e. The van der Waals surface area contributed by atoms with Crippen LogP contribution in [-0.4, -0.2) is 35.3 Å². The summed E-state index contributed by atoms with van der Waals surface area (Å²) in [5.41, 5.74) is 4.80. The Balaban J connectivity index is 1.73. The van der Waals surface area contributed by atoms with Crippen LogP contribution in [0.2, 0.25) is 0 Å². The highest BCUT2D eigenvalue weighted by atomic mass is 19.4. The third kappa shape index (κ3) is 5.48. The molecule has 0 amide bonds. The lowest BCUT2D eigenvalue weighted by Crippen LogP contribution is -2.17. The summed E-state index contributed by atoms with van der Waals surface area (Å²) >= 11 is 0. The second-order valence-corrected chi connectivity index (χ2v) is 5.69. The smallest absolute Gasteiger partial charge is 0.496 e. The molecule has 7 nitrogen and oxygen atoms in total. The van der Waals surface area contributed by atoms with Gasteiger partial charge in [0.1, 0.15) is 17.8 Å². The van der Waals surface area contributed by atoms with Gasteiger partial charge < -0.3 is 9.47 Å². The summed E-state index contributed by atoms with van der Waals surface area (Å²) in [4.78, 5) is 9.04. The molecule has 152 valence electrons. The van der Waals surface area contributed by atoms with Gasteiger partial charge in [-0.1, -0.05) is 0 Å². The van der Waals surface area contributed by atoms with Gasteiger partial charge in [0.2, 0.25) is 0 Å². The summed E-state index contributed by atoms with van der Waals surface area (Å²) in [6.07, 6.45) is 0.210. The van der Waals surface area contributed by atoms with Crippen LogP contribution in [0.1, 0.15) is 11.4 Å². The maximum Gasteiger partial charge on any atom is 0.573 e. The molecular formula is C19H17F3N4O3. The monoisotopic (exact) mass is 406 g/mol. The first kappa shape index (κ1) is 20.2. The van der Waals surface area contributed by atoms with Gasteiger partial charge in [-0.15, -0.1) is 18.3 Å². The van der Waals surface area contributed by atoms with Crippen molar-refractivity contribution in [2.45, 2.75) is 6.36 Å². The van der Waals surface area contributed by atoms with Crippen LogP contribution in [0.3, 0.4) is 0 Å². The van der Waals surface area contributed by atoms with E-state index in [9.17, 15) is 13.2 Å². The van der Waals surface area contributed by atoms with E-state index < -0.39 is 6.36 Å². The van der Waals surface area contributed by atoms with Crippen LogP contribution in [0.25, 0.3) is 17.8 Å². The third-order valence-electron chi connectivity index (χ3n) is 3.71. The molecule has 0 unspecified atom stereocenters. The van der Waals surface area contributed by atoms with Gasteiger partial charge in [-0.2, -0.15) is 0 Å². The number of benzene rings is 2. The molecule has 0 aliphatic carbocycles. The van der Waals surface area contributed by atoms with Crippen molar-refractivity contribution in [2.75, 3.05) is 19.7 Å². The van der Waals surface area contributed by atoms with E-state index in [0.717, 1.165) is 11.3 Å². The first-order valence-corrected chi connectivity index (χ1v) is 8.31. The SMILES string of the molecule is CONc1ccc(/C=C/c2ncn(-c3ccc(OC(F)(F)F)cc3)n2)c(OC)c1. The van der Waals surface area contributed by atoms with E-state index in [1.54, 1.807) is 25.3 Å². The van der Waals surface area contributed by atoms with Crippen molar-refractivity contribution in [1.29, 1.82) is 0 Å². The quantitative estimate of drug-likeness (QED) is 0.590. The zero-order chi connectivity index (χ0) is 20.9. The molecule has 1 N–H and O–H groups in total. The average molecular weight is 406 g/mol. The summed E-state index contributed by atoms with van der Waals surface area (Å²) in [6.45, 7) is 0. The van der Waals surface area contributed by atoms with E-state index >= 15 is 0 Å². The maximum absolute atomic E-state index is 12.2. The first-order valence-electron chi connectivity index (χ1n) is 8.31. The lowest BCUT2D eigenvalue weighted by molar-refractivity contribution is -0.274. The molecule has 10 heteroatoms. The molecule has 0 radical (unpaired) electrons. The highest BCUT2D eigenvalue weighted by molar-refractivity contribution is 5.72. The van der Waals surface area contributed by atoms with Gasteiger partial charge >= 0.3 is 6.36 Å². The summed E-state index contributed by atoms with van der Waals surface area (Å²) in [5.74, 6) is 0.740. The molecule has 3 rings (SSSR count). The number of alkyl halides is 3. The Morgan fingerprint density at radius 1 is 1.03 bits per heavy atom. The number of hydrogen-bond donors (Lipinski definition) is 1. The second-order valence-electron chi connectivity index (χ2n) is 5.69. The van der Waals surface area contributed by atoms with Crippen LogP contribution in [0, 0.1) is 0 Å². The Labute approximate surface area is 164 Å². The molecule has 0 aliphatic heterocycles. The average Bonchev–Trinajstić information content (AvgIpc) is 3.15.